The van der Waals surface area contributed by atoms with Crippen LogP contribution in [0.5, 0.6) is 5.75 Å². The third-order valence-electron chi connectivity index (χ3n) is 3.23. The third kappa shape index (κ3) is 5.99. The molecular formula is C19H18BrFO2. The molecule has 0 bridgehead atoms. The molecular weight excluding hydrogens is 359 g/mol. The molecule has 0 fully saturated rings. The molecule has 2 aromatic rings. The SMILES string of the molecule is O=C(/C=C/c1ccc(OCCCCBr)cc1)c1ccc(F)cc1. The van der Waals surface area contributed by atoms with Gasteiger partial charge in [-0.1, -0.05) is 34.1 Å². The lowest BCUT2D eigenvalue weighted by molar-refractivity contribution is 0.104. The predicted octanol–water partition coefficient (Wildman–Crippen LogP) is 5.28. The largest absolute Gasteiger partial charge is 0.494 e. The van der Waals surface area contributed by atoms with Gasteiger partial charge in [0.05, 0.1) is 6.61 Å². The molecule has 0 N–H and O–H groups in total. The fraction of sp³-hybridized carbons (Fsp3) is 0.211. The van der Waals surface area contributed by atoms with Gasteiger partial charge in [0.15, 0.2) is 5.78 Å². The number of hydrogen-bond donors (Lipinski definition) is 0. The van der Waals surface area contributed by atoms with Gasteiger partial charge in [-0.2, -0.15) is 0 Å². The number of ether oxygens (including phenoxy) is 1. The molecule has 0 aliphatic carbocycles. The highest BCUT2D eigenvalue weighted by Gasteiger charge is 2.01. The molecule has 120 valence electrons. The van der Waals surface area contributed by atoms with Crippen LogP contribution in [0.2, 0.25) is 0 Å². The standard InChI is InChI=1S/C19H18BrFO2/c20-13-1-2-14-23-18-10-3-15(4-11-18)5-12-19(22)16-6-8-17(21)9-7-16/h3-12H,1-2,13-14H2/b12-5+. The first kappa shape index (κ1) is 17.4. The zero-order valence-corrected chi connectivity index (χ0v) is 14.3. The predicted molar refractivity (Wildman–Crippen MR) is 94.7 cm³/mol. The second kappa shape index (κ2) is 9.26. The number of ketones is 1. The number of benzene rings is 2. The Morgan fingerprint density at radius 1 is 1.04 bits per heavy atom. The number of alkyl halides is 1. The number of hydrogen-bond acceptors (Lipinski definition) is 2. The number of unbranched alkanes of at least 4 members (excludes halogenated alkanes) is 1. The fourth-order valence-corrected chi connectivity index (χ4v) is 2.34. The van der Waals surface area contributed by atoms with Crippen LogP contribution in [0.15, 0.2) is 54.6 Å². The summed E-state index contributed by atoms with van der Waals surface area (Å²) in [6.45, 7) is 0.698. The summed E-state index contributed by atoms with van der Waals surface area (Å²) in [5.74, 6) is 0.318. The quantitative estimate of drug-likeness (QED) is 0.271. The van der Waals surface area contributed by atoms with E-state index in [0.29, 0.717) is 12.2 Å². The van der Waals surface area contributed by atoms with Crippen LogP contribution >= 0.6 is 15.9 Å². The molecule has 0 aromatic heterocycles. The van der Waals surface area contributed by atoms with Gasteiger partial charge in [-0.25, -0.2) is 4.39 Å². The molecule has 0 spiro atoms. The molecule has 0 amide bonds. The van der Waals surface area contributed by atoms with Gasteiger partial charge in [-0.05, 0) is 60.9 Å². The van der Waals surface area contributed by atoms with E-state index < -0.39 is 0 Å². The van der Waals surface area contributed by atoms with Crippen molar-refractivity contribution >= 4 is 27.8 Å². The van der Waals surface area contributed by atoms with Crippen LogP contribution in [-0.4, -0.2) is 17.7 Å². The van der Waals surface area contributed by atoms with Crippen molar-refractivity contribution < 1.29 is 13.9 Å². The van der Waals surface area contributed by atoms with Gasteiger partial charge in [0.1, 0.15) is 11.6 Å². The Hall–Kier alpha value is -1.94. The average Bonchev–Trinajstić information content (AvgIpc) is 2.58. The van der Waals surface area contributed by atoms with E-state index in [4.69, 9.17) is 4.74 Å². The van der Waals surface area contributed by atoms with Gasteiger partial charge in [0, 0.05) is 10.9 Å². The summed E-state index contributed by atoms with van der Waals surface area (Å²) >= 11 is 3.39. The van der Waals surface area contributed by atoms with Crippen molar-refractivity contribution in [1.82, 2.24) is 0 Å². The van der Waals surface area contributed by atoms with Crippen LogP contribution in [0, 0.1) is 5.82 Å². The fourth-order valence-electron chi connectivity index (χ4n) is 1.94. The number of rotatable bonds is 8. The maximum Gasteiger partial charge on any atom is 0.185 e. The van der Waals surface area contributed by atoms with E-state index in [1.54, 1.807) is 6.08 Å². The van der Waals surface area contributed by atoms with Gasteiger partial charge in [-0.15, -0.1) is 0 Å². The lowest BCUT2D eigenvalue weighted by Gasteiger charge is -2.05. The molecule has 23 heavy (non-hydrogen) atoms. The summed E-state index contributed by atoms with van der Waals surface area (Å²) < 4.78 is 18.4. The molecule has 0 radical (unpaired) electrons. The van der Waals surface area contributed by atoms with E-state index >= 15 is 0 Å². The first-order chi connectivity index (χ1) is 11.2. The minimum absolute atomic E-state index is 0.153. The molecule has 0 saturated carbocycles. The Morgan fingerprint density at radius 2 is 1.74 bits per heavy atom. The highest BCUT2D eigenvalue weighted by molar-refractivity contribution is 9.09. The Morgan fingerprint density at radius 3 is 2.39 bits per heavy atom. The van der Waals surface area contributed by atoms with Crippen LogP contribution in [0.4, 0.5) is 4.39 Å². The molecule has 0 heterocycles. The zero-order valence-electron chi connectivity index (χ0n) is 12.7. The first-order valence-corrected chi connectivity index (χ1v) is 8.58. The van der Waals surface area contributed by atoms with E-state index in [1.165, 1.54) is 30.3 Å². The monoisotopic (exact) mass is 376 g/mol. The Labute approximate surface area is 144 Å². The summed E-state index contributed by atoms with van der Waals surface area (Å²) in [5, 5.41) is 0.988. The van der Waals surface area contributed by atoms with E-state index in [2.05, 4.69) is 15.9 Å². The van der Waals surface area contributed by atoms with Crippen LogP contribution in [0.1, 0.15) is 28.8 Å². The van der Waals surface area contributed by atoms with Gasteiger partial charge in [0.2, 0.25) is 0 Å². The average molecular weight is 377 g/mol. The molecule has 2 aromatic carbocycles. The minimum atomic E-state index is -0.350. The molecule has 2 nitrogen and oxygen atoms in total. The molecule has 0 aliphatic rings. The van der Waals surface area contributed by atoms with E-state index in [0.717, 1.165) is 29.5 Å². The van der Waals surface area contributed by atoms with Crippen LogP contribution < -0.4 is 4.74 Å². The highest BCUT2D eigenvalue weighted by Crippen LogP contribution is 2.14. The van der Waals surface area contributed by atoms with Crippen molar-refractivity contribution in [2.75, 3.05) is 11.9 Å². The first-order valence-electron chi connectivity index (χ1n) is 7.46. The van der Waals surface area contributed by atoms with Gasteiger partial charge < -0.3 is 4.74 Å². The van der Waals surface area contributed by atoms with Gasteiger partial charge >= 0.3 is 0 Å². The number of carbonyl (C=O) groups is 1. The zero-order chi connectivity index (χ0) is 16.5. The Bertz CT molecular complexity index is 648. The Balaban J connectivity index is 1.89. The Kier molecular flexibility index (Phi) is 7.01. The van der Waals surface area contributed by atoms with Crippen molar-refractivity contribution in [3.05, 3.63) is 71.6 Å². The van der Waals surface area contributed by atoms with Crippen molar-refractivity contribution in [1.29, 1.82) is 0 Å². The molecule has 0 atom stereocenters. The third-order valence-corrected chi connectivity index (χ3v) is 3.79. The summed E-state index contributed by atoms with van der Waals surface area (Å²) in [7, 11) is 0. The van der Waals surface area contributed by atoms with Crippen LogP contribution in [-0.2, 0) is 0 Å². The molecule has 0 saturated heterocycles. The number of halogens is 2. The van der Waals surface area contributed by atoms with Crippen LogP contribution in [0.3, 0.4) is 0 Å². The van der Waals surface area contributed by atoms with Crippen molar-refractivity contribution in [3.63, 3.8) is 0 Å². The number of allylic oxidation sites excluding steroid dienone is 1. The topological polar surface area (TPSA) is 26.3 Å². The summed E-state index contributed by atoms with van der Waals surface area (Å²) in [4.78, 5) is 12.0. The second-order valence-corrected chi connectivity index (χ2v) is 5.81. The minimum Gasteiger partial charge on any atom is -0.494 e. The molecule has 0 aliphatic heterocycles. The molecule has 4 heteroatoms. The molecule has 2 rings (SSSR count). The maximum atomic E-state index is 12.8. The van der Waals surface area contributed by atoms with E-state index in [9.17, 15) is 9.18 Å². The summed E-state index contributed by atoms with van der Waals surface area (Å²) in [6, 6.07) is 13.1. The lowest BCUT2D eigenvalue weighted by Crippen LogP contribution is -1.97. The summed E-state index contributed by atoms with van der Waals surface area (Å²) in [5.41, 5.74) is 1.38. The van der Waals surface area contributed by atoms with E-state index in [-0.39, 0.29) is 11.6 Å². The van der Waals surface area contributed by atoms with Crippen molar-refractivity contribution in [2.24, 2.45) is 0 Å². The maximum absolute atomic E-state index is 12.8. The second-order valence-electron chi connectivity index (χ2n) is 5.02. The van der Waals surface area contributed by atoms with Gasteiger partial charge in [0.25, 0.3) is 0 Å². The molecule has 0 unspecified atom stereocenters. The van der Waals surface area contributed by atoms with Crippen LogP contribution in [0.25, 0.3) is 6.08 Å². The van der Waals surface area contributed by atoms with Gasteiger partial charge in [-0.3, -0.25) is 4.79 Å². The highest BCUT2D eigenvalue weighted by atomic mass is 79.9. The summed E-state index contributed by atoms with van der Waals surface area (Å²) in [6.07, 6.45) is 5.32. The normalized spacial score (nSPS) is 10.9. The smallest absolute Gasteiger partial charge is 0.185 e. The van der Waals surface area contributed by atoms with E-state index in [1.807, 2.05) is 24.3 Å². The number of carbonyl (C=O) groups excluding carboxylic acids is 1. The lowest BCUT2D eigenvalue weighted by atomic mass is 10.1. The van der Waals surface area contributed by atoms with Crippen molar-refractivity contribution in [3.8, 4) is 5.75 Å². The van der Waals surface area contributed by atoms with Crippen molar-refractivity contribution in [2.45, 2.75) is 12.8 Å².